The highest BCUT2D eigenvalue weighted by molar-refractivity contribution is 5.46. The molecule has 2 aromatic rings. The summed E-state index contributed by atoms with van der Waals surface area (Å²) in [6, 6.07) is 10.9. The fraction of sp³-hybridized carbons (Fsp3) is 0.263. The quantitative estimate of drug-likeness (QED) is 0.772. The highest BCUT2D eigenvalue weighted by atomic mass is 16.3. The molecule has 110 valence electrons. The van der Waals surface area contributed by atoms with Crippen molar-refractivity contribution in [1.29, 1.82) is 0 Å². The zero-order valence-corrected chi connectivity index (χ0v) is 12.6. The van der Waals surface area contributed by atoms with Gasteiger partial charge in [0.1, 0.15) is 11.5 Å². The second-order valence-electron chi connectivity index (χ2n) is 5.50. The monoisotopic (exact) mass is 282 g/mol. The minimum absolute atomic E-state index is 0.141. The average Bonchev–Trinajstić information content (AvgIpc) is 2.46. The van der Waals surface area contributed by atoms with Crippen LogP contribution in [0.15, 0.2) is 49.1 Å². The molecule has 0 aliphatic carbocycles. The molecule has 2 N–H and O–H groups in total. The highest BCUT2D eigenvalue weighted by Crippen LogP contribution is 2.36. The van der Waals surface area contributed by atoms with E-state index in [-0.39, 0.29) is 17.4 Å². The summed E-state index contributed by atoms with van der Waals surface area (Å²) in [6.07, 6.45) is 3.69. The van der Waals surface area contributed by atoms with Crippen LogP contribution in [0.5, 0.6) is 11.5 Å². The van der Waals surface area contributed by atoms with Gasteiger partial charge in [0.05, 0.1) is 0 Å². The molecule has 0 bridgehead atoms. The molecule has 0 aliphatic heterocycles. The van der Waals surface area contributed by atoms with E-state index in [9.17, 15) is 10.2 Å². The number of hydrogen-bond donors (Lipinski definition) is 2. The first-order valence-corrected chi connectivity index (χ1v) is 7.23. The summed E-state index contributed by atoms with van der Waals surface area (Å²) in [5.41, 5.74) is 4.49. The van der Waals surface area contributed by atoms with Gasteiger partial charge in [-0.3, -0.25) is 0 Å². The van der Waals surface area contributed by atoms with E-state index in [1.807, 2.05) is 44.2 Å². The predicted molar refractivity (Wildman–Crippen MR) is 87.0 cm³/mol. The fourth-order valence-electron chi connectivity index (χ4n) is 2.77. The molecular weight excluding hydrogens is 260 g/mol. The molecule has 2 rings (SSSR count). The Balaban J connectivity index is 2.54. The molecule has 2 nitrogen and oxygen atoms in total. The molecule has 0 atom stereocenters. The van der Waals surface area contributed by atoms with E-state index in [1.165, 1.54) is 0 Å². The normalized spacial score (nSPS) is 10.8. The molecule has 0 aliphatic rings. The van der Waals surface area contributed by atoms with Crippen LogP contribution in [0.2, 0.25) is 0 Å². The van der Waals surface area contributed by atoms with Gasteiger partial charge in [-0.05, 0) is 73.2 Å². The van der Waals surface area contributed by atoms with Crippen molar-refractivity contribution >= 4 is 0 Å². The van der Waals surface area contributed by atoms with Gasteiger partial charge in [-0.1, -0.05) is 18.2 Å². The van der Waals surface area contributed by atoms with Gasteiger partial charge in [-0.25, -0.2) is 0 Å². The van der Waals surface area contributed by atoms with Gasteiger partial charge in [0.2, 0.25) is 0 Å². The first kappa shape index (κ1) is 15.2. The molecule has 0 spiro atoms. The molecule has 21 heavy (non-hydrogen) atoms. The van der Waals surface area contributed by atoms with Crippen molar-refractivity contribution < 1.29 is 10.2 Å². The van der Waals surface area contributed by atoms with E-state index in [0.29, 0.717) is 0 Å². The molecule has 2 aromatic carbocycles. The van der Waals surface area contributed by atoms with Gasteiger partial charge in [0.15, 0.2) is 0 Å². The lowest BCUT2D eigenvalue weighted by Gasteiger charge is -2.22. The third-order valence-corrected chi connectivity index (χ3v) is 3.94. The van der Waals surface area contributed by atoms with Crippen LogP contribution in [0.3, 0.4) is 0 Å². The van der Waals surface area contributed by atoms with E-state index >= 15 is 0 Å². The van der Waals surface area contributed by atoms with E-state index in [2.05, 4.69) is 6.58 Å². The third kappa shape index (κ3) is 3.46. The van der Waals surface area contributed by atoms with Crippen LogP contribution >= 0.6 is 0 Å². The van der Waals surface area contributed by atoms with Crippen LogP contribution < -0.4 is 0 Å². The second kappa shape index (κ2) is 6.49. The lowest BCUT2D eigenvalue weighted by atomic mass is 9.83. The van der Waals surface area contributed by atoms with Crippen LogP contribution in [0, 0.1) is 13.8 Å². The van der Waals surface area contributed by atoms with Gasteiger partial charge < -0.3 is 10.2 Å². The van der Waals surface area contributed by atoms with E-state index in [1.54, 1.807) is 12.1 Å². The highest BCUT2D eigenvalue weighted by Gasteiger charge is 2.18. The summed E-state index contributed by atoms with van der Waals surface area (Å²) < 4.78 is 0. The first-order valence-electron chi connectivity index (χ1n) is 7.23. The zero-order chi connectivity index (χ0) is 15.4. The zero-order valence-electron chi connectivity index (χ0n) is 12.6. The van der Waals surface area contributed by atoms with Crippen molar-refractivity contribution in [1.82, 2.24) is 0 Å². The second-order valence-corrected chi connectivity index (χ2v) is 5.50. The van der Waals surface area contributed by atoms with Gasteiger partial charge in [-0.2, -0.15) is 0 Å². The van der Waals surface area contributed by atoms with Crippen molar-refractivity contribution in [2.75, 3.05) is 0 Å². The van der Waals surface area contributed by atoms with Crippen LogP contribution in [0.25, 0.3) is 0 Å². The molecule has 0 amide bonds. The van der Waals surface area contributed by atoms with Crippen molar-refractivity contribution in [2.24, 2.45) is 0 Å². The van der Waals surface area contributed by atoms with Crippen LogP contribution in [-0.4, -0.2) is 10.2 Å². The molecule has 0 saturated heterocycles. The van der Waals surface area contributed by atoms with Gasteiger partial charge >= 0.3 is 0 Å². The van der Waals surface area contributed by atoms with Crippen LogP contribution in [0.1, 0.15) is 41.0 Å². The van der Waals surface area contributed by atoms with Crippen molar-refractivity contribution in [3.8, 4) is 11.5 Å². The van der Waals surface area contributed by atoms with Crippen molar-refractivity contribution in [3.63, 3.8) is 0 Å². The van der Waals surface area contributed by atoms with Crippen molar-refractivity contribution in [3.05, 3.63) is 71.3 Å². The molecule has 0 saturated carbocycles. The summed E-state index contributed by atoms with van der Waals surface area (Å²) in [6.45, 7) is 7.90. The Morgan fingerprint density at radius 2 is 1.43 bits per heavy atom. The van der Waals surface area contributed by atoms with Gasteiger partial charge in [0, 0.05) is 5.92 Å². The first-order chi connectivity index (χ1) is 10.0. The Morgan fingerprint density at radius 3 is 1.86 bits per heavy atom. The number of rotatable bonds is 5. The minimum Gasteiger partial charge on any atom is -0.508 e. The van der Waals surface area contributed by atoms with Crippen molar-refractivity contribution in [2.45, 2.75) is 32.6 Å². The third-order valence-electron chi connectivity index (χ3n) is 3.94. The molecule has 0 radical (unpaired) electrons. The maximum absolute atomic E-state index is 9.81. The number of hydrogen-bond acceptors (Lipinski definition) is 2. The standard InChI is InChI=1S/C19H22O2/c1-4-5-6-17(18-11-15(20)9-7-13(18)2)19-12-16(21)10-8-14(19)3/h4,7-12,17,20-21H,1,5-6H2,2-3H3. The summed E-state index contributed by atoms with van der Waals surface area (Å²) in [5, 5.41) is 19.6. The Morgan fingerprint density at radius 1 is 0.952 bits per heavy atom. The molecule has 0 heterocycles. The van der Waals surface area contributed by atoms with Gasteiger partial charge in [-0.15, -0.1) is 6.58 Å². The Kier molecular flexibility index (Phi) is 4.69. The number of allylic oxidation sites excluding steroid dienone is 1. The Hall–Kier alpha value is -2.22. The minimum atomic E-state index is 0.141. The fourth-order valence-corrected chi connectivity index (χ4v) is 2.77. The summed E-state index contributed by atoms with van der Waals surface area (Å²) >= 11 is 0. The van der Waals surface area contributed by atoms with E-state index in [0.717, 1.165) is 35.1 Å². The van der Waals surface area contributed by atoms with E-state index < -0.39 is 0 Å². The largest absolute Gasteiger partial charge is 0.508 e. The summed E-state index contributed by atoms with van der Waals surface area (Å²) in [7, 11) is 0. The summed E-state index contributed by atoms with van der Waals surface area (Å²) in [4.78, 5) is 0. The SMILES string of the molecule is C=CCCC(c1cc(O)ccc1C)c1cc(O)ccc1C. The molecule has 0 fully saturated rings. The Labute approximate surface area is 126 Å². The van der Waals surface area contributed by atoms with Crippen LogP contribution in [0.4, 0.5) is 0 Å². The molecular formula is C19H22O2. The number of benzene rings is 2. The smallest absolute Gasteiger partial charge is 0.115 e. The van der Waals surface area contributed by atoms with Gasteiger partial charge in [0.25, 0.3) is 0 Å². The van der Waals surface area contributed by atoms with Crippen LogP contribution in [-0.2, 0) is 0 Å². The average molecular weight is 282 g/mol. The number of phenolic OH excluding ortho intramolecular Hbond substituents is 2. The number of aryl methyl sites for hydroxylation is 2. The number of aromatic hydroxyl groups is 2. The maximum Gasteiger partial charge on any atom is 0.115 e. The molecule has 0 unspecified atom stereocenters. The van der Waals surface area contributed by atoms with E-state index in [4.69, 9.17) is 0 Å². The molecule has 0 aromatic heterocycles. The Bertz CT molecular complexity index is 593. The lowest BCUT2D eigenvalue weighted by Crippen LogP contribution is -2.05. The predicted octanol–water partition coefficient (Wildman–Crippen LogP) is 4.81. The summed E-state index contributed by atoms with van der Waals surface area (Å²) in [5.74, 6) is 0.691. The maximum atomic E-state index is 9.81. The lowest BCUT2D eigenvalue weighted by molar-refractivity contribution is 0.472. The topological polar surface area (TPSA) is 40.5 Å². The number of phenols is 2. The molecule has 2 heteroatoms.